The number of carbonyl (C=O) groups excluding carboxylic acids is 1. The van der Waals surface area contributed by atoms with Crippen molar-refractivity contribution in [1.82, 2.24) is 5.32 Å². The summed E-state index contributed by atoms with van der Waals surface area (Å²) < 4.78 is 5.29. The molecule has 4 rings (SSSR count). The SMILES string of the molecule is CC(=NCc1cccc2c(-c3ccc(C4CC4)cc3)cccc12)NC(=O)OC(C)(C)C. The topological polar surface area (TPSA) is 50.7 Å². The molecule has 0 saturated heterocycles. The number of carbonyl (C=O) groups is 1. The van der Waals surface area contributed by atoms with Crippen molar-refractivity contribution in [2.45, 2.75) is 58.6 Å². The fourth-order valence-corrected chi connectivity index (χ4v) is 3.81. The lowest BCUT2D eigenvalue weighted by atomic mass is 9.95. The van der Waals surface area contributed by atoms with E-state index in [2.05, 4.69) is 71.0 Å². The molecule has 4 nitrogen and oxygen atoms in total. The second kappa shape index (κ2) is 8.54. The van der Waals surface area contributed by atoms with E-state index in [1.54, 1.807) is 6.92 Å². The van der Waals surface area contributed by atoms with Crippen molar-refractivity contribution in [3.63, 3.8) is 0 Å². The van der Waals surface area contributed by atoms with E-state index >= 15 is 0 Å². The maximum atomic E-state index is 12.0. The first kappa shape index (κ1) is 21.1. The maximum Gasteiger partial charge on any atom is 0.413 e. The number of rotatable bonds is 4. The Hall–Kier alpha value is -3.14. The molecule has 160 valence electrons. The molecule has 1 N–H and O–H groups in total. The van der Waals surface area contributed by atoms with Gasteiger partial charge in [-0.3, -0.25) is 10.3 Å². The minimum atomic E-state index is -0.534. The highest BCUT2D eigenvalue weighted by Gasteiger charge is 2.23. The van der Waals surface area contributed by atoms with Crippen LogP contribution in [0.1, 0.15) is 57.6 Å². The summed E-state index contributed by atoms with van der Waals surface area (Å²) in [4.78, 5) is 16.5. The Morgan fingerprint density at radius 3 is 2.35 bits per heavy atom. The molecular formula is C27H30N2O2. The monoisotopic (exact) mass is 414 g/mol. The number of alkyl carbamates (subject to hydrolysis) is 1. The molecule has 1 saturated carbocycles. The average molecular weight is 415 g/mol. The highest BCUT2D eigenvalue weighted by atomic mass is 16.6. The quantitative estimate of drug-likeness (QED) is 0.376. The van der Waals surface area contributed by atoms with Gasteiger partial charge in [0.25, 0.3) is 0 Å². The molecule has 0 unspecified atom stereocenters. The van der Waals surface area contributed by atoms with Crippen molar-refractivity contribution >= 4 is 22.7 Å². The van der Waals surface area contributed by atoms with Gasteiger partial charge < -0.3 is 4.74 Å². The standard InChI is InChI=1S/C27H30N2O2/c1-18(29-26(30)31-27(2,3)4)28-17-22-7-5-10-25-23(8-6-9-24(22)25)21-15-13-20(14-16-21)19-11-12-19/h5-10,13-16,19H,11-12,17H2,1-4H3,(H,28,29,30). The third kappa shape index (κ3) is 5.32. The first-order chi connectivity index (χ1) is 14.8. The molecule has 0 bridgehead atoms. The van der Waals surface area contributed by atoms with Gasteiger partial charge in [0.1, 0.15) is 11.4 Å². The van der Waals surface area contributed by atoms with Crippen LogP contribution in [0.25, 0.3) is 21.9 Å². The fraction of sp³-hybridized carbons (Fsp3) is 0.333. The molecule has 0 aliphatic heterocycles. The first-order valence-corrected chi connectivity index (χ1v) is 10.9. The number of ether oxygens (including phenoxy) is 1. The molecule has 4 heteroatoms. The van der Waals surface area contributed by atoms with Crippen LogP contribution in [0.15, 0.2) is 65.7 Å². The molecule has 3 aromatic rings. The molecule has 0 atom stereocenters. The first-order valence-electron chi connectivity index (χ1n) is 10.9. The fourth-order valence-electron chi connectivity index (χ4n) is 3.81. The lowest BCUT2D eigenvalue weighted by Crippen LogP contribution is -2.35. The van der Waals surface area contributed by atoms with Crippen LogP contribution in [0.2, 0.25) is 0 Å². The molecule has 0 spiro atoms. The van der Waals surface area contributed by atoms with E-state index in [4.69, 9.17) is 4.74 Å². The van der Waals surface area contributed by atoms with E-state index in [1.807, 2.05) is 20.8 Å². The summed E-state index contributed by atoms with van der Waals surface area (Å²) in [5, 5.41) is 5.10. The summed E-state index contributed by atoms with van der Waals surface area (Å²) >= 11 is 0. The molecule has 1 aliphatic rings. The third-order valence-electron chi connectivity index (χ3n) is 5.45. The van der Waals surface area contributed by atoms with Crippen LogP contribution in [0.4, 0.5) is 4.79 Å². The maximum absolute atomic E-state index is 12.0. The van der Waals surface area contributed by atoms with E-state index in [0.29, 0.717) is 12.4 Å². The van der Waals surface area contributed by atoms with Crippen molar-refractivity contribution in [2.75, 3.05) is 0 Å². The van der Waals surface area contributed by atoms with Gasteiger partial charge in [0.05, 0.1) is 6.54 Å². The van der Waals surface area contributed by atoms with Crippen LogP contribution in [0.5, 0.6) is 0 Å². The van der Waals surface area contributed by atoms with E-state index in [-0.39, 0.29) is 0 Å². The molecule has 1 fully saturated rings. The molecular weight excluding hydrogens is 384 g/mol. The Labute approximate surface area is 184 Å². The van der Waals surface area contributed by atoms with Crippen LogP contribution < -0.4 is 5.32 Å². The van der Waals surface area contributed by atoms with Crippen molar-refractivity contribution < 1.29 is 9.53 Å². The smallest absolute Gasteiger partial charge is 0.413 e. The zero-order valence-corrected chi connectivity index (χ0v) is 18.7. The van der Waals surface area contributed by atoms with E-state index in [9.17, 15) is 4.79 Å². The predicted molar refractivity (Wildman–Crippen MR) is 128 cm³/mol. The summed E-state index contributed by atoms with van der Waals surface area (Å²) in [5.74, 6) is 1.31. The lowest BCUT2D eigenvalue weighted by Gasteiger charge is -2.19. The molecule has 0 radical (unpaired) electrons. The van der Waals surface area contributed by atoms with E-state index in [0.717, 1.165) is 11.5 Å². The van der Waals surface area contributed by atoms with Gasteiger partial charge in [0, 0.05) is 0 Å². The van der Waals surface area contributed by atoms with Gasteiger partial charge >= 0.3 is 6.09 Å². The number of hydrogen-bond acceptors (Lipinski definition) is 3. The van der Waals surface area contributed by atoms with Gasteiger partial charge in [-0.05, 0) is 79.5 Å². The zero-order chi connectivity index (χ0) is 22.0. The molecule has 0 heterocycles. The van der Waals surface area contributed by atoms with Crippen molar-refractivity contribution in [2.24, 2.45) is 4.99 Å². The normalized spacial score (nSPS) is 14.5. The second-order valence-corrected chi connectivity index (χ2v) is 9.24. The Morgan fingerprint density at radius 1 is 1.00 bits per heavy atom. The number of hydrogen-bond donors (Lipinski definition) is 1. The number of amidine groups is 1. The highest BCUT2D eigenvalue weighted by Crippen LogP contribution is 2.41. The van der Waals surface area contributed by atoms with Gasteiger partial charge in [0.2, 0.25) is 0 Å². The van der Waals surface area contributed by atoms with Crippen molar-refractivity contribution in [3.8, 4) is 11.1 Å². The van der Waals surface area contributed by atoms with E-state index < -0.39 is 11.7 Å². The number of amides is 1. The van der Waals surface area contributed by atoms with E-state index in [1.165, 1.54) is 40.3 Å². The van der Waals surface area contributed by atoms with Crippen LogP contribution in [-0.4, -0.2) is 17.5 Å². The number of benzene rings is 3. The Morgan fingerprint density at radius 2 is 1.68 bits per heavy atom. The molecule has 1 aliphatic carbocycles. The minimum Gasteiger partial charge on any atom is -0.444 e. The second-order valence-electron chi connectivity index (χ2n) is 9.24. The summed E-state index contributed by atoms with van der Waals surface area (Å²) in [5.41, 5.74) is 4.51. The molecule has 3 aromatic carbocycles. The number of aliphatic imine (C=N–C) groups is 1. The zero-order valence-electron chi connectivity index (χ0n) is 18.7. The summed E-state index contributed by atoms with van der Waals surface area (Å²) in [7, 11) is 0. The van der Waals surface area contributed by atoms with Crippen molar-refractivity contribution in [3.05, 3.63) is 71.8 Å². The Kier molecular flexibility index (Phi) is 5.81. The number of nitrogens with zero attached hydrogens (tertiary/aromatic N) is 1. The Bertz CT molecular complexity index is 1120. The largest absolute Gasteiger partial charge is 0.444 e. The third-order valence-corrected chi connectivity index (χ3v) is 5.45. The van der Waals surface area contributed by atoms with Gasteiger partial charge in [-0.15, -0.1) is 0 Å². The lowest BCUT2D eigenvalue weighted by molar-refractivity contribution is 0.0562. The highest BCUT2D eigenvalue weighted by molar-refractivity contribution is 5.98. The summed E-state index contributed by atoms with van der Waals surface area (Å²) in [6.07, 6.45) is 2.16. The minimum absolute atomic E-state index is 0.483. The van der Waals surface area contributed by atoms with Crippen LogP contribution in [-0.2, 0) is 11.3 Å². The molecule has 0 aromatic heterocycles. The summed E-state index contributed by atoms with van der Waals surface area (Å²) in [6, 6.07) is 21.8. The number of nitrogens with one attached hydrogen (secondary N) is 1. The van der Waals surface area contributed by atoms with Crippen LogP contribution in [0, 0.1) is 0 Å². The van der Waals surface area contributed by atoms with Gasteiger partial charge in [-0.25, -0.2) is 4.79 Å². The average Bonchev–Trinajstić information content (AvgIpc) is 3.56. The molecule has 1 amide bonds. The van der Waals surface area contributed by atoms with Gasteiger partial charge in [-0.1, -0.05) is 60.7 Å². The Balaban J connectivity index is 1.55. The number of fused-ring (bicyclic) bond motifs is 1. The van der Waals surface area contributed by atoms with Crippen LogP contribution >= 0.6 is 0 Å². The summed E-state index contributed by atoms with van der Waals surface area (Å²) in [6.45, 7) is 7.79. The van der Waals surface area contributed by atoms with Crippen LogP contribution in [0.3, 0.4) is 0 Å². The van der Waals surface area contributed by atoms with Crippen molar-refractivity contribution in [1.29, 1.82) is 0 Å². The molecule has 31 heavy (non-hydrogen) atoms. The van der Waals surface area contributed by atoms with Gasteiger partial charge in [-0.2, -0.15) is 0 Å². The predicted octanol–water partition coefficient (Wildman–Crippen LogP) is 6.83. The van der Waals surface area contributed by atoms with Gasteiger partial charge in [0.15, 0.2) is 0 Å².